The van der Waals surface area contributed by atoms with E-state index in [4.69, 9.17) is 10.5 Å². The topological polar surface area (TPSA) is 35.2 Å². The summed E-state index contributed by atoms with van der Waals surface area (Å²) >= 11 is 3.49. The molecule has 0 saturated heterocycles. The molecule has 16 heavy (non-hydrogen) atoms. The maximum absolute atomic E-state index is 6.07. The van der Waals surface area contributed by atoms with Crippen LogP contribution in [0.5, 0.6) is 5.75 Å². The number of nitrogens with two attached hydrogens (primary N) is 1. The van der Waals surface area contributed by atoms with E-state index in [1.165, 1.54) is 0 Å². The van der Waals surface area contributed by atoms with Gasteiger partial charge in [0, 0.05) is 10.5 Å². The molecule has 2 nitrogen and oxygen atoms in total. The molecule has 0 radical (unpaired) electrons. The van der Waals surface area contributed by atoms with Crippen molar-refractivity contribution in [2.24, 2.45) is 5.73 Å². The number of ether oxygens (including phenoxy) is 1. The molecule has 0 heterocycles. The highest BCUT2D eigenvalue weighted by Gasteiger charge is 2.10. The lowest BCUT2D eigenvalue weighted by Crippen LogP contribution is -2.10. The molecule has 1 rings (SSSR count). The van der Waals surface area contributed by atoms with Gasteiger partial charge in [-0.15, -0.1) is 19.0 Å². The molecule has 0 aliphatic rings. The molecule has 2 N–H and O–H groups in total. The molecule has 0 aliphatic heterocycles. The number of halogens is 2. The van der Waals surface area contributed by atoms with Gasteiger partial charge in [-0.05, 0) is 36.6 Å². The first-order valence-electron chi connectivity index (χ1n) is 4.89. The van der Waals surface area contributed by atoms with Crippen molar-refractivity contribution in [1.82, 2.24) is 0 Å². The molecule has 90 valence electrons. The van der Waals surface area contributed by atoms with Gasteiger partial charge in [-0.2, -0.15) is 0 Å². The molecule has 0 bridgehead atoms. The Morgan fingerprint density at radius 3 is 2.81 bits per heavy atom. The molecule has 0 saturated carbocycles. The summed E-state index contributed by atoms with van der Waals surface area (Å²) in [5.41, 5.74) is 7.15. The van der Waals surface area contributed by atoms with Gasteiger partial charge in [-0.3, -0.25) is 0 Å². The predicted octanol–water partition coefficient (Wildman–Crippen LogP) is 3.85. The molecule has 0 aromatic heterocycles. The third-order valence-electron chi connectivity index (χ3n) is 2.28. The van der Waals surface area contributed by atoms with Crippen LogP contribution in [0.15, 0.2) is 35.3 Å². The molecule has 0 fully saturated rings. The van der Waals surface area contributed by atoms with Crippen LogP contribution in [0.4, 0.5) is 0 Å². The highest BCUT2D eigenvalue weighted by Crippen LogP contribution is 2.28. The Morgan fingerprint density at radius 1 is 1.56 bits per heavy atom. The van der Waals surface area contributed by atoms with Crippen molar-refractivity contribution in [2.75, 3.05) is 7.11 Å². The van der Waals surface area contributed by atoms with E-state index < -0.39 is 0 Å². The summed E-state index contributed by atoms with van der Waals surface area (Å²) in [7, 11) is 1.66. The van der Waals surface area contributed by atoms with E-state index in [2.05, 4.69) is 22.5 Å². The Morgan fingerprint density at radius 2 is 2.25 bits per heavy atom. The lowest BCUT2D eigenvalue weighted by Gasteiger charge is -2.14. The molecule has 0 aliphatic carbocycles. The predicted molar refractivity (Wildman–Crippen MR) is 74.3 cm³/mol. The van der Waals surface area contributed by atoms with Crippen LogP contribution in [-0.2, 0) is 0 Å². The lowest BCUT2D eigenvalue weighted by atomic mass is 10.0. The summed E-state index contributed by atoms with van der Waals surface area (Å²) in [6, 6.07) is 5.86. The second kappa shape index (κ2) is 7.71. The molecule has 1 aromatic carbocycles. The summed E-state index contributed by atoms with van der Waals surface area (Å²) in [6.07, 6.45) is 3.70. The maximum Gasteiger partial charge on any atom is 0.119 e. The van der Waals surface area contributed by atoms with Gasteiger partial charge in [-0.1, -0.05) is 22.0 Å². The molecule has 0 amide bonds. The van der Waals surface area contributed by atoms with Gasteiger partial charge in [0.15, 0.2) is 0 Å². The van der Waals surface area contributed by atoms with Gasteiger partial charge in [-0.25, -0.2) is 0 Å². The molecular weight excluding hydrogens is 289 g/mol. The molecule has 4 heteroatoms. The number of hydrogen-bond donors (Lipinski definition) is 1. The molecule has 1 atom stereocenters. The molecular formula is C12H17BrClNO. The molecule has 0 spiro atoms. The van der Waals surface area contributed by atoms with E-state index >= 15 is 0 Å². The van der Waals surface area contributed by atoms with Crippen LogP contribution in [0.2, 0.25) is 0 Å². The number of rotatable bonds is 5. The number of methoxy groups -OCH3 is 1. The zero-order chi connectivity index (χ0) is 11.3. The van der Waals surface area contributed by atoms with E-state index in [1.54, 1.807) is 7.11 Å². The standard InChI is InChI=1S/C12H16BrNO.ClH/c1-3-4-5-12(14)10-8-9(15-2)6-7-11(10)13;/h3,6-8,12H,1,4-5,14H2,2H3;1H/t12-;/m0./s1. The fourth-order valence-corrected chi connectivity index (χ4v) is 1.93. The zero-order valence-corrected chi connectivity index (χ0v) is 11.7. The smallest absolute Gasteiger partial charge is 0.119 e. The fourth-order valence-electron chi connectivity index (χ4n) is 1.39. The minimum absolute atomic E-state index is 0. The summed E-state index contributed by atoms with van der Waals surface area (Å²) < 4.78 is 6.20. The monoisotopic (exact) mass is 305 g/mol. The average Bonchev–Trinajstić information content (AvgIpc) is 2.26. The highest BCUT2D eigenvalue weighted by molar-refractivity contribution is 9.10. The van der Waals surface area contributed by atoms with Crippen LogP contribution >= 0.6 is 28.3 Å². The van der Waals surface area contributed by atoms with E-state index in [9.17, 15) is 0 Å². The normalized spacial score (nSPS) is 11.4. The van der Waals surface area contributed by atoms with E-state index in [-0.39, 0.29) is 18.4 Å². The third-order valence-corrected chi connectivity index (χ3v) is 3.01. The fraction of sp³-hybridized carbons (Fsp3) is 0.333. The SMILES string of the molecule is C=CCC[C@H](N)c1cc(OC)ccc1Br.Cl. The summed E-state index contributed by atoms with van der Waals surface area (Å²) in [5.74, 6) is 0.835. The Labute approximate surface area is 111 Å². The summed E-state index contributed by atoms with van der Waals surface area (Å²) in [6.45, 7) is 3.69. The second-order valence-electron chi connectivity index (χ2n) is 3.36. The maximum atomic E-state index is 6.07. The minimum Gasteiger partial charge on any atom is -0.497 e. The van der Waals surface area contributed by atoms with Crippen molar-refractivity contribution in [1.29, 1.82) is 0 Å². The largest absolute Gasteiger partial charge is 0.497 e. The first kappa shape index (κ1) is 15.5. The van der Waals surface area contributed by atoms with Crippen molar-refractivity contribution in [3.05, 3.63) is 40.9 Å². The Bertz CT molecular complexity index is 344. The van der Waals surface area contributed by atoms with Crippen LogP contribution in [0.3, 0.4) is 0 Å². The molecule has 1 aromatic rings. The summed E-state index contributed by atoms with van der Waals surface area (Å²) in [4.78, 5) is 0. The van der Waals surface area contributed by atoms with Crippen molar-refractivity contribution in [3.63, 3.8) is 0 Å². The van der Waals surface area contributed by atoms with Crippen molar-refractivity contribution >= 4 is 28.3 Å². The zero-order valence-electron chi connectivity index (χ0n) is 9.28. The lowest BCUT2D eigenvalue weighted by molar-refractivity contribution is 0.413. The van der Waals surface area contributed by atoms with Gasteiger partial charge in [0.05, 0.1) is 7.11 Å². The van der Waals surface area contributed by atoms with Gasteiger partial charge in [0.1, 0.15) is 5.75 Å². The highest BCUT2D eigenvalue weighted by atomic mass is 79.9. The van der Waals surface area contributed by atoms with Crippen LogP contribution in [-0.4, -0.2) is 7.11 Å². The van der Waals surface area contributed by atoms with E-state index in [0.717, 1.165) is 28.6 Å². The van der Waals surface area contributed by atoms with Crippen molar-refractivity contribution in [3.8, 4) is 5.75 Å². The molecule has 0 unspecified atom stereocenters. The Balaban J connectivity index is 0.00000225. The quantitative estimate of drug-likeness (QED) is 0.839. The van der Waals surface area contributed by atoms with Crippen LogP contribution < -0.4 is 10.5 Å². The number of benzene rings is 1. The minimum atomic E-state index is 0. The van der Waals surface area contributed by atoms with Gasteiger partial charge in [0.25, 0.3) is 0 Å². The van der Waals surface area contributed by atoms with Crippen molar-refractivity contribution in [2.45, 2.75) is 18.9 Å². The van der Waals surface area contributed by atoms with Gasteiger partial charge >= 0.3 is 0 Å². The van der Waals surface area contributed by atoms with Gasteiger partial charge < -0.3 is 10.5 Å². The Hall–Kier alpha value is -0.510. The van der Waals surface area contributed by atoms with Crippen LogP contribution in [0, 0.1) is 0 Å². The van der Waals surface area contributed by atoms with E-state index in [1.807, 2.05) is 24.3 Å². The van der Waals surface area contributed by atoms with Crippen LogP contribution in [0.25, 0.3) is 0 Å². The first-order chi connectivity index (χ1) is 7.19. The number of allylic oxidation sites excluding steroid dienone is 1. The second-order valence-corrected chi connectivity index (χ2v) is 4.21. The van der Waals surface area contributed by atoms with Crippen molar-refractivity contribution < 1.29 is 4.74 Å². The summed E-state index contributed by atoms with van der Waals surface area (Å²) in [5, 5.41) is 0. The Kier molecular flexibility index (Phi) is 7.47. The first-order valence-corrected chi connectivity index (χ1v) is 5.68. The third kappa shape index (κ3) is 4.16. The average molecular weight is 307 g/mol. The number of hydrogen-bond acceptors (Lipinski definition) is 2. The van der Waals surface area contributed by atoms with Crippen LogP contribution in [0.1, 0.15) is 24.4 Å². The van der Waals surface area contributed by atoms with Gasteiger partial charge in [0.2, 0.25) is 0 Å². The van der Waals surface area contributed by atoms with E-state index in [0.29, 0.717) is 0 Å².